The molecule has 0 saturated heterocycles. The maximum absolute atomic E-state index is 13.0. The highest BCUT2D eigenvalue weighted by Crippen LogP contribution is 2.19. The standard InChI is InChI=1S/C65H127NO10/c1-7-13-17-21-31-41-56-72-64(73-57-42-32-22-18-14-8-2)51-49-61(67)70-54-39-35-27-25-29-37-46-60(76-63(69)48-45-53-66(11-5)12-6)47-38-30-26-28-36-40-55-71-62(68)50-52-65(74-58-43-33-23-19-15-9-3)75-59-44-34-24-20-16-10-4/h60,64-65H,7-59H2,1-6H3. The number of hydrogen-bond acceptors (Lipinski definition) is 11. The third kappa shape index (κ3) is 54.2. The highest BCUT2D eigenvalue weighted by Gasteiger charge is 2.17. The fourth-order valence-electron chi connectivity index (χ4n) is 9.66. The summed E-state index contributed by atoms with van der Waals surface area (Å²) in [5, 5.41) is 0. The molecular weight excluding hydrogens is 955 g/mol. The van der Waals surface area contributed by atoms with Gasteiger partial charge < -0.3 is 38.1 Å². The lowest BCUT2D eigenvalue weighted by molar-refractivity contribution is -0.159. The SMILES string of the molecule is CCCCCCCCOC(CCC(=O)OCCCCCCCCC(CCCCCCCCOC(=O)CCC(OCCCCCCCC)OCCCCCCCC)OC(=O)CCCN(CC)CC)OCCCCCCCC. The van der Waals surface area contributed by atoms with Crippen LogP contribution in [0.1, 0.15) is 324 Å². The Morgan fingerprint density at radius 2 is 0.592 bits per heavy atom. The van der Waals surface area contributed by atoms with Crippen molar-refractivity contribution >= 4 is 17.9 Å². The van der Waals surface area contributed by atoms with Gasteiger partial charge in [0.2, 0.25) is 0 Å². The van der Waals surface area contributed by atoms with Crippen LogP contribution in [0.2, 0.25) is 0 Å². The molecule has 452 valence electrons. The molecule has 76 heavy (non-hydrogen) atoms. The van der Waals surface area contributed by atoms with Crippen LogP contribution in [-0.2, 0) is 47.5 Å². The Morgan fingerprint density at radius 1 is 0.303 bits per heavy atom. The van der Waals surface area contributed by atoms with Crippen LogP contribution in [0.4, 0.5) is 0 Å². The zero-order valence-corrected chi connectivity index (χ0v) is 51.2. The predicted molar refractivity (Wildman–Crippen MR) is 317 cm³/mol. The molecule has 11 nitrogen and oxygen atoms in total. The minimum absolute atomic E-state index is 0.0252. The van der Waals surface area contributed by atoms with Crippen molar-refractivity contribution in [3.05, 3.63) is 0 Å². The third-order valence-corrected chi connectivity index (χ3v) is 14.8. The van der Waals surface area contributed by atoms with E-state index in [2.05, 4.69) is 46.4 Å². The summed E-state index contributed by atoms with van der Waals surface area (Å²) >= 11 is 0. The maximum atomic E-state index is 13.0. The molecule has 0 aliphatic rings. The van der Waals surface area contributed by atoms with Gasteiger partial charge in [0.25, 0.3) is 0 Å². The first-order valence-electron chi connectivity index (χ1n) is 33.0. The zero-order chi connectivity index (χ0) is 55.5. The van der Waals surface area contributed by atoms with E-state index in [9.17, 15) is 14.4 Å². The molecule has 11 heteroatoms. The second-order valence-electron chi connectivity index (χ2n) is 22.0. The lowest BCUT2D eigenvalue weighted by atomic mass is 10.0. The Morgan fingerprint density at radius 3 is 0.908 bits per heavy atom. The minimum Gasteiger partial charge on any atom is -0.466 e. The largest absolute Gasteiger partial charge is 0.466 e. The molecule has 0 atom stereocenters. The Kier molecular flexibility index (Phi) is 59.4. The number of esters is 3. The first-order valence-corrected chi connectivity index (χ1v) is 33.0. The van der Waals surface area contributed by atoms with Crippen LogP contribution in [0.15, 0.2) is 0 Å². The van der Waals surface area contributed by atoms with Crippen molar-refractivity contribution in [3.8, 4) is 0 Å². The van der Waals surface area contributed by atoms with E-state index in [1.54, 1.807) is 0 Å². The van der Waals surface area contributed by atoms with Gasteiger partial charge in [-0.25, -0.2) is 0 Å². The highest BCUT2D eigenvalue weighted by molar-refractivity contribution is 5.70. The molecule has 0 fully saturated rings. The van der Waals surface area contributed by atoms with E-state index in [-0.39, 0.29) is 36.6 Å². The fourth-order valence-corrected chi connectivity index (χ4v) is 9.66. The summed E-state index contributed by atoms with van der Waals surface area (Å²) in [7, 11) is 0. The Balaban J connectivity index is 4.57. The van der Waals surface area contributed by atoms with E-state index < -0.39 is 0 Å². The van der Waals surface area contributed by atoms with Crippen molar-refractivity contribution in [1.82, 2.24) is 4.90 Å². The number of ether oxygens (including phenoxy) is 7. The van der Waals surface area contributed by atoms with Gasteiger partial charge in [-0.15, -0.1) is 0 Å². The molecular formula is C65H127NO10. The Hall–Kier alpha value is -1.79. The summed E-state index contributed by atoms with van der Waals surface area (Å²) in [6, 6.07) is 0. The zero-order valence-electron chi connectivity index (χ0n) is 51.2. The molecule has 0 radical (unpaired) electrons. The summed E-state index contributed by atoms with van der Waals surface area (Å²) in [5.41, 5.74) is 0. The molecule has 0 heterocycles. The maximum Gasteiger partial charge on any atom is 0.306 e. The second kappa shape index (κ2) is 60.8. The summed E-state index contributed by atoms with van der Waals surface area (Å²) in [6.07, 6.45) is 46.1. The van der Waals surface area contributed by atoms with Gasteiger partial charge in [0.05, 0.1) is 26.1 Å². The molecule has 0 aromatic heterocycles. The lowest BCUT2D eigenvalue weighted by Gasteiger charge is -2.20. The van der Waals surface area contributed by atoms with Gasteiger partial charge in [0.1, 0.15) is 6.10 Å². The van der Waals surface area contributed by atoms with E-state index >= 15 is 0 Å². The van der Waals surface area contributed by atoms with Crippen LogP contribution in [0.25, 0.3) is 0 Å². The molecule has 0 aromatic carbocycles. The quantitative estimate of drug-likeness (QED) is 0.0251. The Labute approximate surface area is 470 Å². The van der Waals surface area contributed by atoms with E-state index in [4.69, 9.17) is 33.2 Å². The third-order valence-electron chi connectivity index (χ3n) is 14.8. The smallest absolute Gasteiger partial charge is 0.306 e. The molecule has 0 unspecified atom stereocenters. The number of carbonyl (C=O) groups excluding carboxylic acids is 3. The topological polar surface area (TPSA) is 119 Å². The van der Waals surface area contributed by atoms with Crippen molar-refractivity contribution < 1.29 is 47.5 Å². The van der Waals surface area contributed by atoms with Crippen molar-refractivity contribution in [2.24, 2.45) is 0 Å². The number of nitrogens with zero attached hydrogens (tertiary/aromatic N) is 1. The summed E-state index contributed by atoms with van der Waals surface area (Å²) in [4.78, 5) is 40.6. The van der Waals surface area contributed by atoms with Crippen molar-refractivity contribution in [2.45, 2.75) is 343 Å². The molecule has 0 bridgehead atoms. The average Bonchev–Trinajstić information content (AvgIpc) is 3.42. The van der Waals surface area contributed by atoms with Crippen molar-refractivity contribution in [1.29, 1.82) is 0 Å². The van der Waals surface area contributed by atoms with Gasteiger partial charge in [0.15, 0.2) is 12.6 Å². The fraction of sp³-hybridized carbons (Fsp3) is 0.954. The molecule has 0 amide bonds. The molecule has 0 rings (SSSR count). The molecule has 0 saturated carbocycles. The van der Waals surface area contributed by atoms with Crippen LogP contribution in [0.3, 0.4) is 0 Å². The average molecular weight is 1080 g/mol. The van der Waals surface area contributed by atoms with Gasteiger partial charge in [-0.05, 0) is 90.3 Å². The minimum atomic E-state index is -0.337. The summed E-state index contributed by atoms with van der Waals surface area (Å²) in [6.45, 7) is 19.9. The molecule has 0 aliphatic carbocycles. The number of unbranched alkanes of at least 4 members (excludes halogenated alkanes) is 30. The van der Waals surface area contributed by atoms with Gasteiger partial charge in [-0.3, -0.25) is 14.4 Å². The Bertz CT molecular complexity index is 1090. The predicted octanol–water partition coefficient (Wildman–Crippen LogP) is 18.3. The van der Waals surface area contributed by atoms with Gasteiger partial charge in [0, 0.05) is 45.7 Å². The van der Waals surface area contributed by atoms with Gasteiger partial charge in [-0.2, -0.15) is 0 Å². The van der Waals surface area contributed by atoms with Crippen LogP contribution in [0.5, 0.6) is 0 Å². The lowest BCUT2D eigenvalue weighted by Crippen LogP contribution is -2.25. The molecule has 0 N–H and O–H groups in total. The van der Waals surface area contributed by atoms with Crippen LogP contribution in [-0.4, -0.2) is 101 Å². The van der Waals surface area contributed by atoms with Crippen molar-refractivity contribution in [2.75, 3.05) is 59.3 Å². The highest BCUT2D eigenvalue weighted by atomic mass is 16.7. The number of hydrogen-bond donors (Lipinski definition) is 0. The second-order valence-corrected chi connectivity index (χ2v) is 22.0. The van der Waals surface area contributed by atoms with Crippen LogP contribution >= 0.6 is 0 Å². The van der Waals surface area contributed by atoms with Crippen LogP contribution < -0.4 is 0 Å². The number of carbonyl (C=O) groups is 3. The van der Waals surface area contributed by atoms with E-state index in [1.165, 1.54) is 128 Å². The first kappa shape index (κ1) is 74.2. The first-order chi connectivity index (χ1) is 37.3. The normalized spacial score (nSPS) is 11.8. The van der Waals surface area contributed by atoms with Crippen molar-refractivity contribution in [3.63, 3.8) is 0 Å². The summed E-state index contributed by atoms with van der Waals surface area (Å²) in [5.74, 6) is -0.380. The monoisotopic (exact) mass is 1080 g/mol. The molecule has 0 aromatic rings. The molecule has 0 spiro atoms. The van der Waals surface area contributed by atoms with Gasteiger partial charge in [-0.1, -0.05) is 221 Å². The van der Waals surface area contributed by atoms with E-state index in [0.717, 1.165) is 142 Å². The number of rotatable bonds is 63. The van der Waals surface area contributed by atoms with Crippen LogP contribution in [0, 0.1) is 0 Å². The van der Waals surface area contributed by atoms with E-state index in [1.807, 2.05) is 0 Å². The van der Waals surface area contributed by atoms with E-state index in [0.29, 0.717) is 71.7 Å². The molecule has 0 aliphatic heterocycles. The van der Waals surface area contributed by atoms with Gasteiger partial charge >= 0.3 is 17.9 Å². The summed E-state index contributed by atoms with van der Waals surface area (Å²) < 4.78 is 41.8.